The van der Waals surface area contributed by atoms with E-state index in [1.807, 2.05) is 0 Å². The average Bonchev–Trinajstić information content (AvgIpc) is 2.83. The van der Waals surface area contributed by atoms with E-state index in [-0.39, 0.29) is 0 Å². The summed E-state index contributed by atoms with van der Waals surface area (Å²) in [5, 5.41) is 7.40. The van der Waals surface area contributed by atoms with Gasteiger partial charge in [-0.2, -0.15) is 0 Å². The van der Waals surface area contributed by atoms with Gasteiger partial charge in [0.1, 0.15) is 5.69 Å². The Morgan fingerprint density at radius 3 is 3.00 bits per heavy atom. The number of hydrogen-bond donors (Lipinski definition) is 1. The van der Waals surface area contributed by atoms with Crippen LogP contribution >= 0.6 is 0 Å². The molecule has 3 nitrogen and oxygen atoms in total. The summed E-state index contributed by atoms with van der Waals surface area (Å²) in [6, 6.07) is 6.41. The van der Waals surface area contributed by atoms with E-state index in [4.69, 9.17) is 4.52 Å². The minimum absolute atomic E-state index is 0.823. The Morgan fingerprint density at radius 1 is 1.25 bits per heavy atom. The molecule has 1 aliphatic heterocycles. The third-order valence-corrected chi connectivity index (χ3v) is 3.10. The standard InChI is InChI=1S/C13H14N2O/c1-8-3-4-9(2)10(5-8)13-11-6-14-7-12(11)15-16-13/h3-5,14H,6-7H2,1-2H3. The third kappa shape index (κ3) is 1.36. The van der Waals surface area contributed by atoms with Gasteiger partial charge in [-0.15, -0.1) is 0 Å². The first-order valence-electron chi connectivity index (χ1n) is 5.51. The highest BCUT2D eigenvalue weighted by atomic mass is 16.5. The van der Waals surface area contributed by atoms with Crippen molar-refractivity contribution in [2.45, 2.75) is 26.9 Å². The fraction of sp³-hybridized carbons (Fsp3) is 0.308. The van der Waals surface area contributed by atoms with Crippen molar-refractivity contribution in [3.05, 3.63) is 40.6 Å². The molecule has 1 aromatic carbocycles. The molecule has 2 aromatic rings. The minimum atomic E-state index is 0.823. The van der Waals surface area contributed by atoms with E-state index < -0.39 is 0 Å². The monoisotopic (exact) mass is 214 g/mol. The van der Waals surface area contributed by atoms with Gasteiger partial charge in [-0.25, -0.2) is 0 Å². The molecule has 1 aliphatic rings. The lowest BCUT2D eigenvalue weighted by molar-refractivity contribution is 0.417. The van der Waals surface area contributed by atoms with Crippen molar-refractivity contribution < 1.29 is 4.52 Å². The highest BCUT2D eigenvalue weighted by molar-refractivity contribution is 5.67. The van der Waals surface area contributed by atoms with E-state index in [0.717, 1.165) is 30.1 Å². The van der Waals surface area contributed by atoms with Crippen LogP contribution in [-0.2, 0) is 13.1 Å². The van der Waals surface area contributed by atoms with Crippen LogP contribution in [0.25, 0.3) is 11.3 Å². The molecule has 0 atom stereocenters. The molecule has 3 rings (SSSR count). The topological polar surface area (TPSA) is 38.1 Å². The maximum absolute atomic E-state index is 5.47. The molecule has 0 unspecified atom stereocenters. The summed E-state index contributed by atoms with van der Waals surface area (Å²) in [7, 11) is 0. The summed E-state index contributed by atoms with van der Waals surface area (Å²) in [5.41, 5.74) is 5.91. The Kier molecular flexibility index (Phi) is 2.07. The van der Waals surface area contributed by atoms with Crippen molar-refractivity contribution in [1.29, 1.82) is 0 Å². The van der Waals surface area contributed by atoms with Crippen LogP contribution in [0.15, 0.2) is 22.7 Å². The van der Waals surface area contributed by atoms with Gasteiger partial charge >= 0.3 is 0 Å². The number of nitrogens with one attached hydrogen (secondary N) is 1. The maximum Gasteiger partial charge on any atom is 0.171 e. The van der Waals surface area contributed by atoms with Gasteiger partial charge in [-0.05, 0) is 25.5 Å². The summed E-state index contributed by atoms with van der Waals surface area (Å²) in [6.07, 6.45) is 0. The van der Waals surface area contributed by atoms with Crippen LogP contribution in [0.1, 0.15) is 22.4 Å². The lowest BCUT2D eigenvalue weighted by atomic mass is 10.0. The SMILES string of the molecule is Cc1ccc(C)c(-c2onc3c2CNC3)c1. The van der Waals surface area contributed by atoms with E-state index in [0.29, 0.717) is 0 Å². The van der Waals surface area contributed by atoms with Crippen molar-refractivity contribution in [2.75, 3.05) is 0 Å². The van der Waals surface area contributed by atoms with Gasteiger partial charge in [-0.1, -0.05) is 22.9 Å². The zero-order chi connectivity index (χ0) is 11.1. The number of benzene rings is 1. The van der Waals surface area contributed by atoms with Crippen LogP contribution in [0.3, 0.4) is 0 Å². The molecule has 1 aromatic heterocycles. The largest absolute Gasteiger partial charge is 0.356 e. The number of aromatic nitrogens is 1. The minimum Gasteiger partial charge on any atom is -0.356 e. The Bertz CT molecular complexity index is 543. The second-order valence-electron chi connectivity index (χ2n) is 4.36. The molecule has 0 bridgehead atoms. The smallest absolute Gasteiger partial charge is 0.171 e. The molecule has 1 N–H and O–H groups in total. The average molecular weight is 214 g/mol. The van der Waals surface area contributed by atoms with Gasteiger partial charge in [0.2, 0.25) is 0 Å². The number of nitrogens with zero attached hydrogens (tertiary/aromatic N) is 1. The molecule has 0 amide bonds. The summed E-state index contributed by atoms with van der Waals surface area (Å²) in [5.74, 6) is 0.932. The highest BCUT2D eigenvalue weighted by Gasteiger charge is 2.22. The molecular weight excluding hydrogens is 200 g/mol. The number of aryl methyl sites for hydroxylation is 2. The van der Waals surface area contributed by atoms with Gasteiger partial charge in [0, 0.05) is 24.2 Å². The summed E-state index contributed by atoms with van der Waals surface area (Å²) >= 11 is 0. The highest BCUT2D eigenvalue weighted by Crippen LogP contribution is 2.31. The molecule has 0 radical (unpaired) electrons. The first kappa shape index (κ1) is 9.60. The molecule has 0 spiro atoms. The van der Waals surface area contributed by atoms with E-state index in [2.05, 4.69) is 42.5 Å². The molecular formula is C13H14N2O. The van der Waals surface area contributed by atoms with Gasteiger partial charge in [0.05, 0.1) is 0 Å². The van der Waals surface area contributed by atoms with Crippen LogP contribution in [0.2, 0.25) is 0 Å². The predicted molar refractivity (Wildman–Crippen MR) is 62.0 cm³/mol. The quantitative estimate of drug-likeness (QED) is 0.792. The van der Waals surface area contributed by atoms with E-state index in [9.17, 15) is 0 Å². The fourth-order valence-corrected chi connectivity index (χ4v) is 2.16. The van der Waals surface area contributed by atoms with Crippen LogP contribution in [-0.4, -0.2) is 5.16 Å². The molecule has 0 aliphatic carbocycles. The summed E-state index contributed by atoms with van der Waals surface area (Å²) in [6.45, 7) is 5.88. The van der Waals surface area contributed by atoms with Crippen molar-refractivity contribution >= 4 is 0 Å². The second kappa shape index (κ2) is 3.46. The molecule has 2 heterocycles. The molecule has 0 fully saturated rings. The third-order valence-electron chi connectivity index (χ3n) is 3.10. The first-order valence-corrected chi connectivity index (χ1v) is 5.51. The van der Waals surface area contributed by atoms with Crippen molar-refractivity contribution in [3.63, 3.8) is 0 Å². The van der Waals surface area contributed by atoms with Crippen molar-refractivity contribution in [1.82, 2.24) is 10.5 Å². The number of hydrogen-bond acceptors (Lipinski definition) is 3. The van der Waals surface area contributed by atoms with Crippen molar-refractivity contribution in [2.24, 2.45) is 0 Å². The van der Waals surface area contributed by atoms with Crippen LogP contribution in [0.4, 0.5) is 0 Å². The van der Waals surface area contributed by atoms with Gasteiger partial charge in [0.25, 0.3) is 0 Å². The Morgan fingerprint density at radius 2 is 2.12 bits per heavy atom. The number of fused-ring (bicyclic) bond motifs is 1. The Balaban J connectivity index is 2.18. The molecule has 82 valence electrons. The van der Waals surface area contributed by atoms with Gasteiger partial charge < -0.3 is 9.84 Å². The number of rotatable bonds is 1. The van der Waals surface area contributed by atoms with Crippen molar-refractivity contribution in [3.8, 4) is 11.3 Å². The molecule has 0 saturated carbocycles. The van der Waals surface area contributed by atoms with Crippen LogP contribution in [0, 0.1) is 13.8 Å². The Hall–Kier alpha value is -1.61. The van der Waals surface area contributed by atoms with Crippen LogP contribution < -0.4 is 5.32 Å². The van der Waals surface area contributed by atoms with Crippen LogP contribution in [0.5, 0.6) is 0 Å². The second-order valence-corrected chi connectivity index (χ2v) is 4.36. The molecule has 3 heteroatoms. The lowest BCUT2D eigenvalue weighted by Gasteiger charge is -2.04. The Labute approximate surface area is 94.5 Å². The zero-order valence-electron chi connectivity index (χ0n) is 9.50. The summed E-state index contributed by atoms with van der Waals surface area (Å²) in [4.78, 5) is 0. The summed E-state index contributed by atoms with van der Waals surface area (Å²) < 4.78 is 5.47. The van der Waals surface area contributed by atoms with Gasteiger partial charge in [-0.3, -0.25) is 0 Å². The predicted octanol–water partition coefficient (Wildman–Crippen LogP) is 2.56. The lowest BCUT2D eigenvalue weighted by Crippen LogP contribution is -2.02. The fourth-order valence-electron chi connectivity index (χ4n) is 2.16. The zero-order valence-corrected chi connectivity index (χ0v) is 9.50. The van der Waals surface area contributed by atoms with E-state index >= 15 is 0 Å². The molecule has 0 saturated heterocycles. The maximum atomic E-state index is 5.47. The van der Waals surface area contributed by atoms with Gasteiger partial charge in [0.15, 0.2) is 5.76 Å². The van der Waals surface area contributed by atoms with E-state index in [1.165, 1.54) is 16.7 Å². The first-order chi connectivity index (χ1) is 7.75. The van der Waals surface area contributed by atoms with E-state index in [1.54, 1.807) is 0 Å². The molecule has 16 heavy (non-hydrogen) atoms. The normalized spacial score (nSPS) is 14.1.